The molecule has 0 saturated heterocycles. The summed E-state index contributed by atoms with van der Waals surface area (Å²) in [6.45, 7) is 1.34. The van der Waals surface area contributed by atoms with Crippen molar-refractivity contribution < 1.29 is 31.5 Å². The van der Waals surface area contributed by atoms with Gasteiger partial charge in [0.15, 0.2) is 5.69 Å². The van der Waals surface area contributed by atoms with Crippen LogP contribution in [-0.2, 0) is 10.9 Å². The second kappa shape index (κ2) is 5.97. The lowest BCUT2D eigenvalue weighted by atomic mass is 10.2. The minimum Gasteiger partial charge on any atom is -0.461 e. The van der Waals surface area contributed by atoms with Gasteiger partial charge < -0.3 is 4.74 Å². The highest BCUT2D eigenvalue weighted by molar-refractivity contribution is 14.1. The SMILES string of the molecule is CCOC(=O)c1nc(C(F)F)cc(C(F)(F)F)c1I. The highest BCUT2D eigenvalue weighted by atomic mass is 127. The van der Waals surface area contributed by atoms with Crippen LogP contribution in [0.15, 0.2) is 6.07 Å². The van der Waals surface area contributed by atoms with Gasteiger partial charge in [0, 0.05) is 0 Å². The van der Waals surface area contributed by atoms with Gasteiger partial charge in [-0.3, -0.25) is 0 Å². The van der Waals surface area contributed by atoms with E-state index in [-0.39, 0.29) is 12.7 Å². The molecule has 0 aliphatic rings. The van der Waals surface area contributed by atoms with Crippen LogP contribution < -0.4 is 0 Å². The molecule has 0 N–H and O–H groups in total. The van der Waals surface area contributed by atoms with Crippen LogP contribution in [0.3, 0.4) is 0 Å². The molecule has 0 bridgehead atoms. The van der Waals surface area contributed by atoms with Gasteiger partial charge in [-0.25, -0.2) is 18.6 Å². The molecular weight excluding hydrogens is 388 g/mol. The summed E-state index contributed by atoms with van der Waals surface area (Å²) in [6.07, 6.45) is -8.07. The number of carbonyl (C=O) groups is 1. The molecule has 9 heteroatoms. The van der Waals surface area contributed by atoms with Gasteiger partial charge in [-0.05, 0) is 35.6 Å². The van der Waals surface area contributed by atoms with Gasteiger partial charge in [0.05, 0.1) is 15.7 Å². The van der Waals surface area contributed by atoms with Gasteiger partial charge >= 0.3 is 12.1 Å². The van der Waals surface area contributed by atoms with E-state index in [2.05, 4.69) is 9.72 Å². The summed E-state index contributed by atoms with van der Waals surface area (Å²) in [4.78, 5) is 14.7. The number of alkyl halides is 5. The fraction of sp³-hybridized carbons (Fsp3) is 0.400. The highest BCUT2D eigenvalue weighted by Gasteiger charge is 2.37. The molecule has 1 rings (SSSR count). The van der Waals surface area contributed by atoms with Crippen LogP contribution in [0.4, 0.5) is 22.0 Å². The predicted octanol–water partition coefficient (Wildman–Crippen LogP) is 3.82. The Morgan fingerprint density at radius 3 is 2.47 bits per heavy atom. The van der Waals surface area contributed by atoms with Crippen LogP contribution in [0.25, 0.3) is 0 Å². The van der Waals surface area contributed by atoms with Crippen molar-refractivity contribution in [3.8, 4) is 0 Å². The molecule has 0 unspecified atom stereocenters. The summed E-state index contributed by atoms with van der Waals surface area (Å²) in [5, 5.41) is 0. The third-order valence-electron chi connectivity index (χ3n) is 1.98. The Kier molecular flexibility index (Phi) is 5.04. The monoisotopic (exact) mass is 395 g/mol. The predicted molar refractivity (Wildman–Crippen MR) is 62.9 cm³/mol. The lowest BCUT2D eigenvalue weighted by Crippen LogP contribution is -2.17. The minimum atomic E-state index is -4.86. The fourth-order valence-corrected chi connectivity index (χ4v) is 2.00. The van der Waals surface area contributed by atoms with E-state index in [0.29, 0.717) is 0 Å². The van der Waals surface area contributed by atoms with Crippen LogP contribution in [0.5, 0.6) is 0 Å². The largest absolute Gasteiger partial charge is 0.461 e. The zero-order valence-electron chi connectivity index (χ0n) is 9.39. The first-order chi connectivity index (χ1) is 8.68. The Morgan fingerprint density at radius 1 is 1.47 bits per heavy atom. The normalized spacial score (nSPS) is 11.8. The lowest BCUT2D eigenvalue weighted by Gasteiger charge is -2.13. The van der Waals surface area contributed by atoms with E-state index in [9.17, 15) is 26.7 Å². The number of hydrogen-bond donors (Lipinski definition) is 0. The molecule has 106 valence electrons. The van der Waals surface area contributed by atoms with E-state index in [0.717, 1.165) is 0 Å². The second-order valence-corrected chi connectivity index (χ2v) is 4.35. The van der Waals surface area contributed by atoms with Crippen molar-refractivity contribution in [2.45, 2.75) is 19.5 Å². The number of halogens is 6. The molecule has 3 nitrogen and oxygen atoms in total. The molecule has 0 saturated carbocycles. The smallest absolute Gasteiger partial charge is 0.417 e. The number of ether oxygens (including phenoxy) is 1. The number of nitrogens with zero attached hydrogens (tertiary/aromatic N) is 1. The fourth-order valence-electron chi connectivity index (χ4n) is 1.20. The van der Waals surface area contributed by atoms with E-state index < -0.39 is 39.1 Å². The molecule has 0 amide bonds. The average Bonchev–Trinajstić information content (AvgIpc) is 2.27. The maximum absolute atomic E-state index is 12.7. The number of pyridine rings is 1. The van der Waals surface area contributed by atoms with Crippen molar-refractivity contribution in [1.29, 1.82) is 0 Å². The van der Waals surface area contributed by atoms with Gasteiger partial charge in [0.25, 0.3) is 6.43 Å². The Balaban J connectivity index is 3.46. The Bertz CT molecular complexity index is 490. The van der Waals surface area contributed by atoms with E-state index in [1.54, 1.807) is 0 Å². The van der Waals surface area contributed by atoms with Crippen molar-refractivity contribution in [3.05, 3.63) is 26.6 Å². The first-order valence-corrected chi connectivity index (χ1v) is 5.99. The third kappa shape index (κ3) is 3.74. The van der Waals surface area contributed by atoms with Crippen LogP contribution in [-0.4, -0.2) is 17.6 Å². The summed E-state index contributed by atoms with van der Waals surface area (Å²) in [5.74, 6) is -1.17. The third-order valence-corrected chi connectivity index (χ3v) is 3.07. The molecule has 0 atom stereocenters. The molecule has 0 radical (unpaired) electrons. The maximum atomic E-state index is 12.7. The Hall–Kier alpha value is -1.00. The zero-order valence-corrected chi connectivity index (χ0v) is 11.6. The molecule has 0 aromatic carbocycles. The maximum Gasteiger partial charge on any atom is 0.417 e. The van der Waals surface area contributed by atoms with Crippen LogP contribution in [0.2, 0.25) is 0 Å². The molecule has 1 heterocycles. The first-order valence-electron chi connectivity index (χ1n) is 4.91. The Labute approximate surface area is 118 Å². The van der Waals surface area contributed by atoms with Gasteiger partial charge in [-0.2, -0.15) is 13.2 Å². The van der Waals surface area contributed by atoms with Crippen LogP contribution >= 0.6 is 22.6 Å². The number of rotatable bonds is 3. The molecule has 0 aliphatic carbocycles. The molecule has 1 aromatic heterocycles. The van der Waals surface area contributed by atoms with Gasteiger partial charge in [-0.15, -0.1) is 0 Å². The number of esters is 1. The van der Waals surface area contributed by atoms with Crippen LogP contribution in [0.1, 0.15) is 35.1 Å². The number of hydrogen-bond acceptors (Lipinski definition) is 3. The first kappa shape index (κ1) is 16.1. The quantitative estimate of drug-likeness (QED) is 0.444. The topological polar surface area (TPSA) is 39.2 Å². The van der Waals surface area contributed by atoms with Crippen molar-refractivity contribution in [3.63, 3.8) is 0 Å². The standard InChI is InChI=1S/C10H7F5INO2/c1-2-19-9(18)7-6(16)4(10(13,14)15)3-5(17-7)8(11)12/h3,8H,2H2,1H3. The van der Waals surface area contributed by atoms with Crippen molar-refractivity contribution in [2.24, 2.45) is 0 Å². The Morgan fingerprint density at radius 2 is 2.05 bits per heavy atom. The van der Waals surface area contributed by atoms with Crippen molar-refractivity contribution in [1.82, 2.24) is 4.98 Å². The molecule has 0 fully saturated rings. The lowest BCUT2D eigenvalue weighted by molar-refractivity contribution is -0.138. The van der Waals surface area contributed by atoms with Crippen molar-refractivity contribution in [2.75, 3.05) is 6.61 Å². The van der Waals surface area contributed by atoms with Crippen molar-refractivity contribution >= 4 is 28.6 Å². The van der Waals surface area contributed by atoms with E-state index in [1.165, 1.54) is 29.5 Å². The van der Waals surface area contributed by atoms with E-state index in [1.807, 2.05) is 0 Å². The highest BCUT2D eigenvalue weighted by Crippen LogP contribution is 2.36. The minimum absolute atomic E-state index is 0.100. The summed E-state index contributed by atoms with van der Waals surface area (Å²) in [7, 11) is 0. The molecule has 0 aliphatic heterocycles. The molecule has 0 spiro atoms. The molecular formula is C10H7F5INO2. The summed E-state index contributed by atoms with van der Waals surface area (Å²) in [5.41, 5.74) is -3.20. The van der Waals surface area contributed by atoms with Gasteiger partial charge in [-0.1, -0.05) is 0 Å². The number of aromatic nitrogens is 1. The van der Waals surface area contributed by atoms with E-state index >= 15 is 0 Å². The van der Waals surface area contributed by atoms with Crippen LogP contribution in [0, 0.1) is 3.57 Å². The van der Waals surface area contributed by atoms with E-state index in [4.69, 9.17) is 0 Å². The summed E-state index contributed by atoms with van der Waals surface area (Å²) >= 11 is 1.23. The molecule has 1 aromatic rings. The zero-order chi connectivity index (χ0) is 14.8. The molecule has 19 heavy (non-hydrogen) atoms. The number of carbonyl (C=O) groups excluding carboxylic acids is 1. The summed E-state index contributed by atoms with van der Waals surface area (Å²) < 4.78 is 67.0. The average molecular weight is 395 g/mol. The second-order valence-electron chi connectivity index (χ2n) is 3.28. The van der Waals surface area contributed by atoms with Gasteiger partial charge in [0.2, 0.25) is 0 Å². The van der Waals surface area contributed by atoms with Gasteiger partial charge in [0.1, 0.15) is 5.69 Å². The summed E-state index contributed by atoms with van der Waals surface area (Å²) in [6, 6.07) is 0.231.